The molecule has 1 aliphatic carbocycles. The van der Waals surface area contributed by atoms with E-state index in [1.807, 2.05) is 0 Å². The number of nitrogens with zero attached hydrogens (tertiary/aromatic N) is 2. The smallest absolute Gasteiger partial charge is 0.347 e. The van der Waals surface area contributed by atoms with E-state index in [4.69, 9.17) is 0 Å². The topological polar surface area (TPSA) is 68.0 Å². The molecule has 0 atom stereocenters. The lowest BCUT2D eigenvalue weighted by Gasteiger charge is -2.24. The Balaban J connectivity index is 1.79. The van der Waals surface area contributed by atoms with Crippen LogP contribution >= 0.6 is 0 Å². The molecule has 0 saturated heterocycles. The normalized spacial score (nSPS) is 16.4. The van der Waals surface area contributed by atoms with Gasteiger partial charge in [-0.25, -0.2) is 0 Å². The number of aromatic nitrogens is 2. The van der Waals surface area contributed by atoms with E-state index in [1.165, 1.54) is 0 Å². The molecule has 1 fully saturated rings. The Hall–Kier alpha value is -1.60. The molecule has 1 aromatic rings. The van der Waals surface area contributed by atoms with E-state index in [1.54, 1.807) is 0 Å². The van der Waals surface area contributed by atoms with Crippen molar-refractivity contribution < 1.29 is 22.5 Å². The number of carbonyl (C=O) groups excluding carboxylic acids is 1. The Bertz CT molecular complexity index is 426. The summed E-state index contributed by atoms with van der Waals surface area (Å²) in [7, 11) is 0. The van der Waals surface area contributed by atoms with Crippen molar-refractivity contribution in [3.05, 3.63) is 11.7 Å². The van der Waals surface area contributed by atoms with E-state index >= 15 is 0 Å². The van der Waals surface area contributed by atoms with Gasteiger partial charge in [0.2, 0.25) is 11.8 Å². The van der Waals surface area contributed by atoms with Gasteiger partial charge < -0.3 is 9.84 Å². The van der Waals surface area contributed by atoms with Crippen LogP contribution in [-0.4, -0.2) is 16.0 Å². The fourth-order valence-corrected chi connectivity index (χ4v) is 1.65. The molecule has 1 N–H and O–H groups in total. The molecule has 100 valence electrons. The number of hydrogen-bond acceptors (Lipinski definition) is 4. The van der Waals surface area contributed by atoms with Crippen LogP contribution < -0.4 is 5.32 Å². The van der Waals surface area contributed by atoms with Crippen LogP contribution in [0.15, 0.2) is 4.52 Å². The fraction of sp³-hybridized carbons (Fsp3) is 0.700. The van der Waals surface area contributed by atoms with E-state index in [0.29, 0.717) is 12.3 Å². The Morgan fingerprint density at radius 3 is 2.67 bits per heavy atom. The number of carbonyl (C=O) groups is 1. The SMILES string of the molecule is O=C(CC1CCC1)NCc1nc(C(F)(F)F)no1. The number of halogens is 3. The summed E-state index contributed by atoms with van der Waals surface area (Å²) < 4.78 is 40.9. The summed E-state index contributed by atoms with van der Waals surface area (Å²) in [6, 6.07) is 0. The summed E-state index contributed by atoms with van der Waals surface area (Å²) >= 11 is 0. The van der Waals surface area contributed by atoms with Gasteiger partial charge in [0.1, 0.15) is 0 Å². The third-order valence-electron chi connectivity index (χ3n) is 2.86. The standard InChI is InChI=1S/C10H12F3N3O2/c11-10(12,13)9-15-8(18-16-9)5-14-7(17)4-6-2-1-3-6/h6H,1-5H2,(H,14,17). The molecule has 2 rings (SSSR count). The largest absolute Gasteiger partial charge is 0.455 e. The number of nitrogens with one attached hydrogen (secondary N) is 1. The maximum atomic E-state index is 12.2. The van der Waals surface area contributed by atoms with E-state index < -0.39 is 12.0 Å². The first-order valence-corrected chi connectivity index (χ1v) is 5.61. The molecule has 0 radical (unpaired) electrons. The highest BCUT2D eigenvalue weighted by Gasteiger charge is 2.37. The van der Waals surface area contributed by atoms with Crippen LogP contribution in [-0.2, 0) is 17.5 Å². The molecular weight excluding hydrogens is 251 g/mol. The lowest BCUT2D eigenvalue weighted by molar-refractivity contribution is -0.146. The molecule has 0 spiro atoms. The maximum absolute atomic E-state index is 12.2. The molecule has 1 saturated carbocycles. The molecule has 1 aromatic heterocycles. The van der Waals surface area contributed by atoms with Gasteiger partial charge in [-0.2, -0.15) is 18.2 Å². The summed E-state index contributed by atoms with van der Waals surface area (Å²) in [4.78, 5) is 14.5. The number of alkyl halides is 3. The van der Waals surface area contributed by atoms with E-state index in [9.17, 15) is 18.0 Å². The zero-order chi connectivity index (χ0) is 13.2. The average Bonchev–Trinajstić information content (AvgIpc) is 2.68. The van der Waals surface area contributed by atoms with Crippen LogP contribution in [0.25, 0.3) is 0 Å². The maximum Gasteiger partial charge on any atom is 0.455 e. The highest BCUT2D eigenvalue weighted by molar-refractivity contribution is 5.76. The number of hydrogen-bond donors (Lipinski definition) is 1. The quantitative estimate of drug-likeness (QED) is 0.900. The molecule has 0 aromatic carbocycles. The Labute approximate surface area is 101 Å². The molecule has 0 aliphatic heterocycles. The second kappa shape index (κ2) is 4.95. The van der Waals surface area contributed by atoms with Gasteiger partial charge in [0.25, 0.3) is 5.82 Å². The van der Waals surface area contributed by atoms with Crippen molar-refractivity contribution in [2.45, 2.75) is 38.4 Å². The number of amides is 1. The molecule has 0 unspecified atom stereocenters. The molecular formula is C10H12F3N3O2. The highest BCUT2D eigenvalue weighted by Crippen LogP contribution is 2.29. The van der Waals surface area contributed by atoms with E-state index in [2.05, 4.69) is 20.0 Å². The van der Waals surface area contributed by atoms with Crippen molar-refractivity contribution in [2.75, 3.05) is 0 Å². The minimum absolute atomic E-state index is 0.172. The third kappa shape index (κ3) is 3.21. The lowest BCUT2D eigenvalue weighted by atomic mass is 9.83. The first kappa shape index (κ1) is 12.8. The number of rotatable bonds is 4. The van der Waals surface area contributed by atoms with Gasteiger partial charge in [-0.05, 0) is 18.8 Å². The van der Waals surface area contributed by atoms with Crippen molar-refractivity contribution in [3.63, 3.8) is 0 Å². The summed E-state index contributed by atoms with van der Waals surface area (Å²) in [5, 5.41) is 5.25. The fourth-order valence-electron chi connectivity index (χ4n) is 1.65. The highest BCUT2D eigenvalue weighted by atomic mass is 19.4. The zero-order valence-electron chi connectivity index (χ0n) is 9.46. The van der Waals surface area contributed by atoms with E-state index in [-0.39, 0.29) is 18.3 Å². The van der Waals surface area contributed by atoms with Crippen molar-refractivity contribution in [3.8, 4) is 0 Å². The average molecular weight is 263 g/mol. The lowest BCUT2D eigenvalue weighted by Crippen LogP contribution is -2.27. The Morgan fingerprint density at radius 1 is 1.44 bits per heavy atom. The first-order chi connectivity index (χ1) is 8.45. The van der Waals surface area contributed by atoms with Crippen LogP contribution in [0.2, 0.25) is 0 Å². The van der Waals surface area contributed by atoms with Crippen LogP contribution in [0.1, 0.15) is 37.4 Å². The second-order valence-electron chi connectivity index (χ2n) is 4.29. The van der Waals surface area contributed by atoms with Gasteiger partial charge in [0.05, 0.1) is 6.54 Å². The van der Waals surface area contributed by atoms with Gasteiger partial charge in [0, 0.05) is 6.42 Å². The Kier molecular flexibility index (Phi) is 3.53. The van der Waals surface area contributed by atoms with Crippen LogP contribution in [0.3, 0.4) is 0 Å². The van der Waals surface area contributed by atoms with E-state index in [0.717, 1.165) is 19.3 Å². The Morgan fingerprint density at radius 2 is 2.17 bits per heavy atom. The molecule has 1 aliphatic rings. The summed E-state index contributed by atoms with van der Waals surface area (Å²) in [6.45, 7) is -0.172. The van der Waals surface area contributed by atoms with Crippen molar-refractivity contribution >= 4 is 5.91 Å². The summed E-state index contributed by atoms with van der Waals surface area (Å²) in [6.07, 6.45) is -1.02. The van der Waals surface area contributed by atoms with Crippen molar-refractivity contribution in [2.24, 2.45) is 5.92 Å². The predicted octanol–water partition coefficient (Wildman–Crippen LogP) is 1.89. The van der Waals surface area contributed by atoms with Gasteiger partial charge in [-0.3, -0.25) is 4.79 Å². The van der Waals surface area contributed by atoms with Crippen molar-refractivity contribution in [1.82, 2.24) is 15.5 Å². The van der Waals surface area contributed by atoms with Crippen molar-refractivity contribution in [1.29, 1.82) is 0 Å². The van der Waals surface area contributed by atoms with Crippen LogP contribution in [0.5, 0.6) is 0 Å². The molecule has 1 amide bonds. The first-order valence-electron chi connectivity index (χ1n) is 5.61. The monoisotopic (exact) mass is 263 g/mol. The molecule has 18 heavy (non-hydrogen) atoms. The molecule has 1 heterocycles. The van der Waals surface area contributed by atoms with Gasteiger partial charge in [-0.15, -0.1) is 0 Å². The minimum atomic E-state index is -4.63. The van der Waals surface area contributed by atoms with Crippen LogP contribution in [0, 0.1) is 5.92 Å². The van der Waals surface area contributed by atoms with Gasteiger partial charge in [-0.1, -0.05) is 11.6 Å². The second-order valence-corrected chi connectivity index (χ2v) is 4.29. The third-order valence-corrected chi connectivity index (χ3v) is 2.86. The summed E-state index contributed by atoms with van der Waals surface area (Å²) in [5.74, 6) is -1.38. The van der Waals surface area contributed by atoms with Gasteiger partial charge >= 0.3 is 6.18 Å². The zero-order valence-corrected chi connectivity index (χ0v) is 9.46. The molecule has 5 nitrogen and oxygen atoms in total. The van der Waals surface area contributed by atoms with Gasteiger partial charge in [0.15, 0.2) is 0 Å². The van der Waals surface area contributed by atoms with Crippen LogP contribution in [0.4, 0.5) is 13.2 Å². The predicted molar refractivity (Wildman–Crippen MR) is 53.1 cm³/mol. The molecule has 8 heteroatoms. The molecule has 0 bridgehead atoms. The summed E-state index contributed by atoms with van der Waals surface area (Å²) in [5.41, 5.74) is 0. The minimum Gasteiger partial charge on any atom is -0.347 e.